The van der Waals surface area contributed by atoms with Crippen molar-refractivity contribution in [3.8, 4) is 11.1 Å². The Morgan fingerprint density at radius 1 is 1.11 bits per heavy atom. The first kappa shape index (κ1) is 16.5. The number of methoxy groups -OCH3 is 1. The van der Waals surface area contributed by atoms with Crippen LogP contribution in [0.5, 0.6) is 0 Å². The van der Waals surface area contributed by atoms with E-state index in [4.69, 9.17) is 9.47 Å². The van der Waals surface area contributed by atoms with Crippen molar-refractivity contribution in [1.29, 1.82) is 0 Å². The van der Waals surface area contributed by atoms with Crippen LogP contribution in [0.3, 0.4) is 0 Å². The van der Waals surface area contributed by atoms with Crippen molar-refractivity contribution in [2.75, 3.05) is 20.3 Å². The van der Waals surface area contributed by atoms with Crippen LogP contribution in [0.25, 0.3) is 11.1 Å². The van der Waals surface area contributed by atoms with Gasteiger partial charge in [0.05, 0.1) is 13.2 Å². The molecule has 0 unspecified atom stereocenters. The average molecular weight is 363 g/mol. The number of Topliss-reactive ketones (excluding diaryl/α,β-unsaturated/α-hetero) is 1. The number of likely N-dealkylation sites (tertiary alicyclic amines) is 1. The molecule has 0 saturated carbocycles. The molecule has 2 fully saturated rings. The molecule has 2 aliphatic heterocycles. The third-order valence-corrected chi connectivity index (χ3v) is 6.42. The number of hydrogen-bond donors (Lipinski definition) is 0. The second-order valence-corrected chi connectivity index (χ2v) is 7.85. The van der Waals surface area contributed by atoms with Crippen molar-refractivity contribution in [2.45, 2.75) is 25.0 Å². The van der Waals surface area contributed by atoms with Crippen LogP contribution in [-0.4, -0.2) is 49.2 Å². The highest BCUT2D eigenvalue weighted by Gasteiger charge is 2.62. The number of carbonyl (C=O) groups is 2. The van der Waals surface area contributed by atoms with Crippen molar-refractivity contribution < 1.29 is 19.1 Å². The Morgan fingerprint density at radius 2 is 1.70 bits per heavy atom. The molecule has 3 atom stereocenters. The Morgan fingerprint density at radius 3 is 2.30 bits per heavy atom. The molecule has 5 nitrogen and oxygen atoms in total. The maximum Gasteiger partial charge on any atom is 0.410 e. The molecule has 0 N–H and O–H groups in total. The summed E-state index contributed by atoms with van der Waals surface area (Å²) in [6, 6.07) is 16.2. The highest BCUT2D eigenvalue weighted by molar-refractivity contribution is 5.92. The van der Waals surface area contributed by atoms with Gasteiger partial charge in [-0.3, -0.25) is 9.69 Å². The smallest absolute Gasteiger partial charge is 0.410 e. The van der Waals surface area contributed by atoms with Crippen LogP contribution in [0.2, 0.25) is 0 Å². The van der Waals surface area contributed by atoms with E-state index in [0.717, 1.165) is 0 Å². The van der Waals surface area contributed by atoms with E-state index in [9.17, 15) is 9.59 Å². The summed E-state index contributed by atoms with van der Waals surface area (Å²) in [5, 5.41) is 0. The number of ether oxygens (including phenoxy) is 2. The lowest BCUT2D eigenvalue weighted by Crippen LogP contribution is -2.41. The molecular formula is C22H21NO4. The number of hydrogen-bond acceptors (Lipinski definition) is 4. The van der Waals surface area contributed by atoms with Crippen LogP contribution in [0.1, 0.15) is 24.0 Å². The molecule has 27 heavy (non-hydrogen) atoms. The maximum absolute atomic E-state index is 12.5. The fourth-order valence-electron chi connectivity index (χ4n) is 5.38. The SMILES string of the molecule is COC(=O)N1C[C@](C)(C2c3ccccc3-c3ccccc32)[C@H]2OCC(=O)[C@H]21. The van der Waals surface area contributed by atoms with Gasteiger partial charge in [-0.25, -0.2) is 4.79 Å². The monoisotopic (exact) mass is 363 g/mol. The summed E-state index contributed by atoms with van der Waals surface area (Å²) in [5.41, 5.74) is 4.48. The van der Waals surface area contributed by atoms with Gasteiger partial charge in [0.15, 0.2) is 5.78 Å². The van der Waals surface area contributed by atoms with Crippen LogP contribution < -0.4 is 0 Å². The molecule has 0 bridgehead atoms. The second-order valence-electron chi connectivity index (χ2n) is 7.85. The van der Waals surface area contributed by atoms with Crippen LogP contribution >= 0.6 is 0 Å². The maximum atomic E-state index is 12.5. The molecule has 0 radical (unpaired) electrons. The van der Waals surface area contributed by atoms with Crippen molar-refractivity contribution in [1.82, 2.24) is 4.90 Å². The van der Waals surface area contributed by atoms with E-state index in [1.807, 2.05) is 24.3 Å². The minimum absolute atomic E-state index is 0.0475. The summed E-state index contributed by atoms with van der Waals surface area (Å²) in [5.74, 6) is 0.00616. The van der Waals surface area contributed by atoms with Crippen LogP contribution in [0.4, 0.5) is 4.79 Å². The number of fused-ring (bicyclic) bond motifs is 4. The number of benzene rings is 2. The molecule has 3 aliphatic rings. The van der Waals surface area contributed by atoms with Gasteiger partial charge >= 0.3 is 6.09 Å². The predicted octanol–water partition coefficient (Wildman–Crippen LogP) is 3.22. The van der Waals surface area contributed by atoms with Crippen LogP contribution in [0.15, 0.2) is 48.5 Å². The van der Waals surface area contributed by atoms with Gasteiger partial charge in [-0.1, -0.05) is 55.5 Å². The Hall–Kier alpha value is -2.66. The fraction of sp³-hybridized carbons (Fsp3) is 0.364. The minimum Gasteiger partial charge on any atom is -0.453 e. The molecule has 2 aromatic carbocycles. The standard InChI is InChI=1S/C22H21NO4/c1-22(12-23(21(25)26-2)19-17(24)11-27-20(19)22)18-15-9-5-3-7-13(15)14-8-4-6-10-16(14)18/h3-10,18-20H,11-12H2,1-2H3/t19-,20+,22-/m1/s1. The summed E-state index contributed by atoms with van der Waals surface area (Å²) in [6.07, 6.45) is -0.805. The molecule has 2 heterocycles. The molecule has 5 rings (SSSR count). The van der Waals surface area contributed by atoms with Crippen LogP contribution in [0, 0.1) is 5.41 Å². The van der Waals surface area contributed by atoms with Gasteiger partial charge in [0.1, 0.15) is 12.6 Å². The van der Waals surface area contributed by atoms with E-state index in [1.165, 1.54) is 29.4 Å². The number of nitrogens with zero attached hydrogens (tertiary/aromatic N) is 1. The molecule has 2 aromatic rings. The summed E-state index contributed by atoms with van der Waals surface area (Å²) < 4.78 is 10.9. The lowest BCUT2D eigenvalue weighted by Gasteiger charge is -2.36. The van der Waals surface area contributed by atoms with E-state index in [-0.39, 0.29) is 24.4 Å². The van der Waals surface area contributed by atoms with Gasteiger partial charge in [0, 0.05) is 17.9 Å². The Kier molecular flexibility index (Phi) is 3.46. The van der Waals surface area contributed by atoms with Crippen molar-refractivity contribution in [3.63, 3.8) is 0 Å². The zero-order chi connectivity index (χ0) is 18.8. The number of ketones is 1. The van der Waals surface area contributed by atoms with Crippen molar-refractivity contribution >= 4 is 11.9 Å². The van der Waals surface area contributed by atoms with Crippen LogP contribution in [-0.2, 0) is 14.3 Å². The first-order valence-corrected chi connectivity index (χ1v) is 9.23. The topological polar surface area (TPSA) is 55.8 Å². The number of carbonyl (C=O) groups excluding carboxylic acids is 2. The number of rotatable bonds is 1. The van der Waals surface area contributed by atoms with E-state index >= 15 is 0 Å². The molecule has 2 saturated heterocycles. The van der Waals surface area contributed by atoms with Gasteiger partial charge < -0.3 is 9.47 Å². The first-order valence-electron chi connectivity index (χ1n) is 9.23. The summed E-state index contributed by atoms with van der Waals surface area (Å²) in [6.45, 7) is 2.61. The fourth-order valence-corrected chi connectivity index (χ4v) is 5.38. The third-order valence-electron chi connectivity index (χ3n) is 6.42. The van der Waals surface area contributed by atoms with Crippen molar-refractivity contribution in [2.24, 2.45) is 5.41 Å². The van der Waals surface area contributed by atoms with Gasteiger partial charge in [0.2, 0.25) is 0 Å². The largest absolute Gasteiger partial charge is 0.453 e. The second kappa shape index (κ2) is 5.67. The van der Waals surface area contributed by atoms with E-state index in [1.54, 1.807) is 4.90 Å². The molecule has 1 aliphatic carbocycles. The van der Waals surface area contributed by atoms with Gasteiger partial charge in [0.25, 0.3) is 0 Å². The lowest BCUT2D eigenvalue weighted by molar-refractivity contribution is -0.121. The Bertz CT molecular complexity index is 909. The van der Waals surface area contributed by atoms with Gasteiger partial charge in [-0.15, -0.1) is 0 Å². The Balaban J connectivity index is 1.68. The summed E-state index contributed by atoms with van der Waals surface area (Å²) in [4.78, 5) is 26.5. The first-order chi connectivity index (χ1) is 13.1. The lowest BCUT2D eigenvalue weighted by atomic mass is 9.69. The summed E-state index contributed by atoms with van der Waals surface area (Å²) >= 11 is 0. The summed E-state index contributed by atoms with van der Waals surface area (Å²) in [7, 11) is 1.35. The molecule has 0 aromatic heterocycles. The molecule has 0 spiro atoms. The molecule has 1 amide bonds. The minimum atomic E-state index is -0.567. The van der Waals surface area contributed by atoms with Gasteiger partial charge in [-0.05, 0) is 22.3 Å². The molecular weight excluding hydrogens is 342 g/mol. The highest BCUT2D eigenvalue weighted by atomic mass is 16.5. The van der Waals surface area contributed by atoms with E-state index in [0.29, 0.717) is 6.54 Å². The van der Waals surface area contributed by atoms with E-state index < -0.39 is 17.6 Å². The predicted molar refractivity (Wildman–Crippen MR) is 99.5 cm³/mol. The van der Waals surface area contributed by atoms with E-state index in [2.05, 4.69) is 31.2 Å². The van der Waals surface area contributed by atoms with Crippen molar-refractivity contribution in [3.05, 3.63) is 59.7 Å². The Labute approximate surface area is 157 Å². The molecule has 138 valence electrons. The zero-order valence-electron chi connectivity index (χ0n) is 15.3. The number of amides is 1. The normalized spacial score (nSPS) is 28.8. The average Bonchev–Trinajstić information content (AvgIpc) is 3.33. The quantitative estimate of drug-likeness (QED) is 0.781. The molecule has 5 heteroatoms. The van der Waals surface area contributed by atoms with Gasteiger partial charge in [-0.2, -0.15) is 0 Å². The zero-order valence-corrected chi connectivity index (χ0v) is 15.3. The highest BCUT2D eigenvalue weighted by Crippen LogP contribution is 2.58. The third kappa shape index (κ3) is 2.09.